The summed E-state index contributed by atoms with van der Waals surface area (Å²) in [4.78, 5) is 22.4. The fourth-order valence-electron chi connectivity index (χ4n) is 5.03. The van der Waals surface area contributed by atoms with Crippen molar-refractivity contribution in [2.75, 3.05) is 38.2 Å². The number of fused-ring (bicyclic) bond motifs is 3. The number of carbonyl (C=O) groups excluding carboxylic acids is 1. The second-order valence-electron chi connectivity index (χ2n) is 9.34. The first-order valence-electron chi connectivity index (χ1n) is 12.7. The van der Waals surface area contributed by atoms with Gasteiger partial charge >= 0.3 is 0 Å². The monoisotopic (exact) mass is 526 g/mol. The van der Waals surface area contributed by atoms with Crippen LogP contribution in [0, 0.1) is 0 Å². The van der Waals surface area contributed by atoms with Gasteiger partial charge in [-0.15, -0.1) is 10.2 Å². The Hall–Kier alpha value is -4.17. The van der Waals surface area contributed by atoms with Crippen LogP contribution >= 0.6 is 11.6 Å². The molecule has 2 aromatic heterocycles. The van der Waals surface area contributed by atoms with E-state index >= 15 is 0 Å². The maximum atomic E-state index is 13.2. The quantitative estimate of drug-likeness (QED) is 0.324. The summed E-state index contributed by atoms with van der Waals surface area (Å²) in [6, 6.07) is 23.3. The van der Waals surface area contributed by atoms with Crippen molar-refractivity contribution < 1.29 is 9.53 Å². The molecule has 5 aromatic rings. The van der Waals surface area contributed by atoms with Crippen LogP contribution in [0.2, 0.25) is 5.02 Å². The zero-order chi connectivity index (χ0) is 26.1. The number of amides is 1. The number of ether oxygens (including phenoxy) is 1. The van der Waals surface area contributed by atoms with Gasteiger partial charge in [-0.05, 0) is 48.4 Å². The molecule has 1 amide bonds. The zero-order valence-electron chi connectivity index (χ0n) is 21.0. The standard InChI is InChI=1S/C29H27ClN6O2/c1-38-21-9-6-8-20(18-21)19-26(37)34-14-7-15-35(17-16-34)29-31-25-13-5-3-11-23(25)28-33-32-27(36(28)29)22-10-2-4-12-24(22)30/h2-6,8-13,18H,7,14-17,19H2,1H3. The minimum absolute atomic E-state index is 0.109. The van der Waals surface area contributed by atoms with Gasteiger partial charge in [0.2, 0.25) is 11.9 Å². The topological polar surface area (TPSA) is 75.9 Å². The molecule has 0 spiro atoms. The highest BCUT2D eigenvalue weighted by Crippen LogP contribution is 2.32. The molecule has 1 saturated heterocycles. The second kappa shape index (κ2) is 10.3. The summed E-state index contributed by atoms with van der Waals surface area (Å²) in [5.74, 6) is 2.26. The predicted molar refractivity (Wildman–Crippen MR) is 149 cm³/mol. The molecule has 6 rings (SSSR count). The van der Waals surface area contributed by atoms with E-state index in [4.69, 9.17) is 21.3 Å². The summed E-state index contributed by atoms with van der Waals surface area (Å²) >= 11 is 6.57. The fraction of sp³-hybridized carbons (Fsp3) is 0.241. The van der Waals surface area contributed by atoms with Gasteiger partial charge in [-0.25, -0.2) is 9.38 Å². The van der Waals surface area contributed by atoms with Gasteiger partial charge in [-0.3, -0.25) is 4.79 Å². The lowest BCUT2D eigenvalue weighted by Gasteiger charge is -2.24. The molecule has 1 aliphatic heterocycles. The molecule has 38 heavy (non-hydrogen) atoms. The van der Waals surface area contributed by atoms with Crippen molar-refractivity contribution in [1.29, 1.82) is 0 Å². The molecule has 0 atom stereocenters. The highest BCUT2D eigenvalue weighted by molar-refractivity contribution is 6.33. The summed E-state index contributed by atoms with van der Waals surface area (Å²) in [5.41, 5.74) is 3.33. The number of aromatic nitrogens is 4. The van der Waals surface area contributed by atoms with E-state index in [9.17, 15) is 4.79 Å². The molecule has 0 bridgehead atoms. The van der Waals surface area contributed by atoms with Crippen LogP contribution < -0.4 is 9.64 Å². The van der Waals surface area contributed by atoms with Gasteiger partial charge in [0.25, 0.3) is 0 Å². The number of halogens is 1. The first-order valence-corrected chi connectivity index (χ1v) is 13.0. The molecule has 0 N–H and O–H groups in total. The lowest BCUT2D eigenvalue weighted by Crippen LogP contribution is -2.36. The number of rotatable bonds is 5. The van der Waals surface area contributed by atoms with Crippen LogP contribution in [0.4, 0.5) is 5.95 Å². The Morgan fingerprint density at radius 2 is 1.79 bits per heavy atom. The molecular formula is C29H27ClN6O2. The number of benzene rings is 3. The van der Waals surface area contributed by atoms with Gasteiger partial charge in [0.1, 0.15) is 5.75 Å². The third-order valence-electron chi connectivity index (χ3n) is 6.96. The average Bonchev–Trinajstić information content (AvgIpc) is 3.23. The Bertz CT molecular complexity index is 1630. The van der Waals surface area contributed by atoms with Gasteiger partial charge in [0.05, 0.1) is 24.1 Å². The van der Waals surface area contributed by atoms with Crippen molar-refractivity contribution in [3.8, 4) is 17.1 Å². The van der Waals surface area contributed by atoms with E-state index in [-0.39, 0.29) is 5.91 Å². The highest BCUT2D eigenvalue weighted by Gasteiger charge is 2.25. The second-order valence-corrected chi connectivity index (χ2v) is 9.75. The maximum absolute atomic E-state index is 13.2. The fourth-order valence-corrected chi connectivity index (χ4v) is 5.25. The van der Waals surface area contributed by atoms with Gasteiger partial charge < -0.3 is 14.5 Å². The van der Waals surface area contributed by atoms with E-state index in [0.29, 0.717) is 36.9 Å². The first kappa shape index (κ1) is 24.2. The van der Waals surface area contributed by atoms with Crippen LogP contribution in [0.3, 0.4) is 0 Å². The van der Waals surface area contributed by atoms with E-state index in [1.165, 1.54) is 0 Å². The molecule has 1 aliphatic rings. The molecule has 192 valence electrons. The number of carbonyl (C=O) groups is 1. The first-order chi connectivity index (χ1) is 18.6. The molecular weight excluding hydrogens is 500 g/mol. The molecule has 8 nitrogen and oxygen atoms in total. The summed E-state index contributed by atoms with van der Waals surface area (Å²) < 4.78 is 7.31. The number of hydrogen-bond donors (Lipinski definition) is 0. The third-order valence-corrected chi connectivity index (χ3v) is 7.29. The van der Waals surface area contributed by atoms with Crippen molar-refractivity contribution in [2.24, 2.45) is 0 Å². The largest absolute Gasteiger partial charge is 0.497 e. The zero-order valence-corrected chi connectivity index (χ0v) is 21.8. The van der Waals surface area contributed by atoms with Crippen molar-refractivity contribution >= 4 is 40.0 Å². The molecule has 0 radical (unpaired) electrons. The summed E-state index contributed by atoms with van der Waals surface area (Å²) in [5, 5.41) is 10.6. The number of anilines is 1. The van der Waals surface area contributed by atoms with Gasteiger partial charge in [0, 0.05) is 37.1 Å². The van der Waals surface area contributed by atoms with Crippen LogP contribution in [0.15, 0.2) is 72.8 Å². The molecule has 9 heteroatoms. The molecule has 0 unspecified atom stereocenters. The van der Waals surface area contributed by atoms with Gasteiger partial charge in [0.15, 0.2) is 11.5 Å². The lowest BCUT2D eigenvalue weighted by atomic mass is 10.1. The molecule has 0 saturated carbocycles. The summed E-state index contributed by atoms with van der Waals surface area (Å²) in [6.45, 7) is 2.69. The Morgan fingerprint density at radius 3 is 2.66 bits per heavy atom. The number of methoxy groups -OCH3 is 1. The van der Waals surface area contributed by atoms with Crippen molar-refractivity contribution in [2.45, 2.75) is 12.8 Å². The molecule has 3 heterocycles. The van der Waals surface area contributed by atoms with E-state index in [0.717, 1.165) is 52.3 Å². The van der Waals surface area contributed by atoms with Crippen molar-refractivity contribution in [3.05, 3.63) is 83.4 Å². The summed E-state index contributed by atoms with van der Waals surface area (Å²) in [7, 11) is 1.63. The van der Waals surface area contributed by atoms with E-state index in [1.807, 2.05) is 82.1 Å². The Morgan fingerprint density at radius 1 is 0.947 bits per heavy atom. The maximum Gasteiger partial charge on any atom is 0.227 e. The predicted octanol–water partition coefficient (Wildman–Crippen LogP) is 4.89. The van der Waals surface area contributed by atoms with Gasteiger partial charge in [-0.2, -0.15) is 0 Å². The lowest BCUT2D eigenvalue weighted by molar-refractivity contribution is -0.130. The number of nitrogens with zero attached hydrogens (tertiary/aromatic N) is 6. The number of para-hydroxylation sites is 1. The highest BCUT2D eigenvalue weighted by atomic mass is 35.5. The SMILES string of the molecule is COc1cccc(CC(=O)N2CCCN(c3nc4ccccc4c4nnc(-c5ccccc5Cl)n34)CC2)c1. The van der Waals surface area contributed by atoms with E-state index in [1.54, 1.807) is 7.11 Å². The normalized spacial score (nSPS) is 14.2. The van der Waals surface area contributed by atoms with Crippen LogP contribution in [0.25, 0.3) is 27.9 Å². The Labute approximate surface area is 225 Å². The van der Waals surface area contributed by atoms with Crippen LogP contribution in [-0.4, -0.2) is 63.7 Å². The third kappa shape index (κ3) is 4.52. The van der Waals surface area contributed by atoms with Crippen LogP contribution in [-0.2, 0) is 11.2 Å². The Balaban J connectivity index is 1.33. The minimum Gasteiger partial charge on any atom is -0.497 e. The molecule has 0 aliphatic carbocycles. The number of hydrogen-bond acceptors (Lipinski definition) is 6. The van der Waals surface area contributed by atoms with Gasteiger partial charge in [-0.1, -0.05) is 48.0 Å². The summed E-state index contributed by atoms with van der Waals surface area (Å²) in [6.07, 6.45) is 1.17. The smallest absolute Gasteiger partial charge is 0.227 e. The average molecular weight is 527 g/mol. The molecule has 1 fully saturated rings. The van der Waals surface area contributed by atoms with Crippen molar-refractivity contribution in [3.63, 3.8) is 0 Å². The Kier molecular flexibility index (Phi) is 6.55. The van der Waals surface area contributed by atoms with Crippen molar-refractivity contribution in [1.82, 2.24) is 24.5 Å². The van der Waals surface area contributed by atoms with E-state index in [2.05, 4.69) is 15.1 Å². The van der Waals surface area contributed by atoms with Crippen LogP contribution in [0.5, 0.6) is 5.75 Å². The van der Waals surface area contributed by atoms with Crippen LogP contribution in [0.1, 0.15) is 12.0 Å². The van der Waals surface area contributed by atoms with E-state index < -0.39 is 0 Å². The molecule has 3 aromatic carbocycles. The minimum atomic E-state index is 0.109.